The lowest BCUT2D eigenvalue weighted by molar-refractivity contribution is 0.295. The first kappa shape index (κ1) is 7.31. The Bertz CT molecular complexity index is 163. The molecule has 0 spiro atoms. The van der Waals surface area contributed by atoms with E-state index in [4.69, 9.17) is 10.8 Å². The van der Waals surface area contributed by atoms with Crippen molar-refractivity contribution in [3.63, 3.8) is 0 Å². The lowest BCUT2D eigenvalue weighted by Crippen LogP contribution is -2.37. The molecule has 0 aliphatic carbocycles. The van der Waals surface area contributed by atoms with E-state index in [2.05, 4.69) is 5.32 Å². The van der Waals surface area contributed by atoms with Crippen LogP contribution in [0.25, 0.3) is 0 Å². The summed E-state index contributed by atoms with van der Waals surface area (Å²) in [4.78, 5) is 0. The van der Waals surface area contributed by atoms with Gasteiger partial charge in [-0.25, -0.2) is 0 Å². The van der Waals surface area contributed by atoms with Crippen LogP contribution >= 0.6 is 0 Å². The van der Waals surface area contributed by atoms with Crippen molar-refractivity contribution in [2.45, 2.75) is 12.6 Å². The molecule has 56 valence electrons. The number of hydrogen-bond acceptors (Lipinski definition) is 3. The van der Waals surface area contributed by atoms with Gasteiger partial charge in [-0.2, -0.15) is 0 Å². The molecule has 0 saturated heterocycles. The van der Waals surface area contributed by atoms with Gasteiger partial charge in [-0.3, -0.25) is 0 Å². The number of dihydropyridines is 1. The van der Waals surface area contributed by atoms with E-state index in [0.29, 0.717) is 6.42 Å². The zero-order chi connectivity index (χ0) is 7.40. The van der Waals surface area contributed by atoms with Gasteiger partial charge in [-0.05, 0) is 24.3 Å². The molecule has 0 fully saturated rings. The van der Waals surface area contributed by atoms with Crippen molar-refractivity contribution in [3.05, 3.63) is 23.9 Å². The minimum Gasteiger partial charge on any atom is -0.396 e. The van der Waals surface area contributed by atoms with Crippen molar-refractivity contribution in [1.82, 2.24) is 5.32 Å². The Morgan fingerprint density at radius 1 is 1.70 bits per heavy atom. The number of allylic oxidation sites excluding steroid dienone is 2. The van der Waals surface area contributed by atoms with Crippen LogP contribution in [-0.2, 0) is 0 Å². The maximum absolute atomic E-state index is 8.59. The van der Waals surface area contributed by atoms with Gasteiger partial charge >= 0.3 is 0 Å². The van der Waals surface area contributed by atoms with Gasteiger partial charge in [0.2, 0.25) is 0 Å². The highest BCUT2D eigenvalue weighted by molar-refractivity contribution is 5.21. The molecule has 1 heterocycles. The van der Waals surface area contributed by atoms with Crippen LogP contribution in [0, 0.1) is 0 Å². The van der Waals surface area contributed by atoms with Crippen molar-refractivity contribution in [1.29, 1.82) is 0 Å². The molecule has 0 aromatic heterocycles. The second-order valence-corrected chi connectivity index (χ2v) is 2.22. The fourth-order valence-electron chi connectivity index (χ4n) is 0.910. The van der Waals surface area contributed by atoms with Crippen LogP contribution in [0.2, 0.25) is 0 Å². The van der Waals surface area contributed by atoms with Crippen LogP contribution in [0.15, 0.2) is 23.9 Å². The molecule has 1 unspecified atom stereocenters. The molecule has 0 amide bonds. The van der Waals surface area contributed by atoms with Crippen LogP contribution in [0.1, 0.15) is 6.42 Å². The maximum Gasteiger partial charge on any atom is 0.0965 e. The highest BCUT2D eigenvalue weighted by Gasteiger charge is 2.07. The van der Waals surface area contributed by atoms with Crippen molar-refractivity contribution >= 4 is 0 Å². The number of nitrogens with one attached hydrogen (secondary N) is 1. The molecule has 3 heteroatoms. The molecule has 4 N–H and O–H groups in total. The van der Waals surface area contributed by atoms with Gasteiger partial charge in [-0.15, -0.1) is 0 Å². The lowest BCUT2D eigenvalue weighted by atomic mass is 10.1. The average molecular weight is 140 g/mol. The molecular formula is C7H12N2O. The topological polar surface area (TPSA) is 58.3 Å². The second kappa shape index (κ2) is 3.39. The third-order valence-electron chi connectivity index (χ3n) is 1.48. The van der Waals surface area contributed by atoms with Crippen LogP contribution in [0.3, 0.4) is 0 Å². The summed E-state index contributed by atoms with van der Waals surface area (Å²) in [5.41, 5.74) is 6.67. The summed E-state index contributed by atoms with van der Waals surface area (Å²) >= 11 is 0. The molecule has 3 nitrogen and oxygen atoms in total. The first-order valence-corrected chi connectivity index (χ1v) is 3.32. The predicted octanol–water partition coefficient (Wildman–Crippen LogP) is -0.303. The van der Waals surface area contributed by atoms with E-state index in [1.807, 2.05) is 12.2 Å². The van der Waals surface area contributed by atoms with Crippen molar-refractivity contribution in [2.75, 3.05) is 6.61 Å². The van der Waals surface area contributed by atoms with E-state index < -0.39 is 0 Å². The first-order chi connectivity index (χ1) is 4.84. The van der Waals surface area contributed by atoms with E-state index in [-0.39, 0.29) is 12.8 Å². The second-order valence-electron chi connectivity index (χ2n) is 2.22. The summed E-state index contributed by atoms with van der Waals surface area (Å²) in [5.74, 6) is 0. The number of nitrogens with two attached hydrogens (primary N) is 1. The Balaban J connectivity index is 2.52. The standard InChI is InChI=1S/C7H12N2O/c8-7-6(3-5-10)2-1-4-9-7/h1-2,4,7,9-10H,3,5,8H2. The minimum atomic E-state index is -0.114. The molecule has 0 bridgehead atoms. The highest BCUT2D eigenvalue weighted by Crippen LogP contribution is 2.06. The normalized spacial score (nSPS) is 23.8. The van der Waals surface area contributed by atoms with E-state index in [0.717, 1.165) is 5.57 Å². The van der Waals surface area contributed by atoms with Gasteiger partial charge in [-0.1, -0.05) is 6.08 Å². The van der Waals surface area contributed by atoms with Gasteiger partial charge < -0.3 is 16.2 Å². The minimum absolute atomic E-state index is 0.114. The highest BCUT2D eigenvalue weighted by atomic mass is 16.2. The summed E-state index contributed by atoms with van der Waals surface area (Å²) in [6.07, 6.45) is 6.15. The summed E-state index contributed by atoms with van der Waals surface area (Å²) in [6.45, 7) is 0.162. The van der Waals surface area contributed by atoms with Crippen molar-refractivity contribution in [3.8, 4) is 0 Å². The molecule has 0 aromatic carbocycles. The van der Waals surface area contributed by atoms with Crippen LogP contribution in [-0.4, -0.2) is 17.9 Å². The van der Waals surface area contributed by atoms with Gasteiger partial charge in [0.1, 0.15) is 0 Å². The zero-order valence-corrected chi connectivity index (χ0v) is 5.75. The van der Waals surface area contributed by atoms with Crippen molar-refractivity contribution < 1.29 is 5.11 Å². The van der Waals surface area contributed by atoms with Gasteiger partial charge in [0, 0.05) is 6.61 Å². The largest absolute Gasteiger partial charge is 0.396 e. The lowest BCUT2D eigenvalue weighted by Gasteiger charge is -2.17. The fraction of sp³-hybridized carbons (Fsp3) is 0.429. The molecule has 1 aliphatic heterocycles. The van der Waals surface area contributed by atoms with Gasteiger partial charge in [0.15, 0.2) is 0 Å². The molecular weight excluding hydrogens is 128 g/mol. The Labute approximate surface area is 60.2 Å². The molecule has 0 saturated carbocycles. The van der Waals surface area contributed by atoms with Gasteiger partial charge in [0.25, 0.3) is 0 Å². The summed E-state index contributed by atoms with van der Waals surface area (Å²) < 4.78 is 0. The SMILES string of the molecule is NC1NC=CC=C1CCO. The van der Waals surface area contributed by atoms with E-state index in [1.165, 1.54) is 0 Å². The molecule has 0 radical (unpaired) electrons. The quantitative estimate of drug-likeness (QED) is 0.493. The Kier molecular flexibility index (Phi) is 2.48. The fourth-order valence-corrected chi connectivity index (χ4v) is 0.910. The predicted molar refractivity (Wildman–Crippen MR) is 40.0 cm³/mol. The first-order valence-electron chi connectivity index (χ1n) is 3.32. The zero-order valence-electron chi connectivity index (χ0n) is 5.75. The molecule has 1 aliphatic rings. The van der Waals surface area contributed by atoms with Crippen molar-refractivity contribution in [2.24, 2.45) is 5.73 Å². The number of aliphatic hydroxyl groups excluding tert-OH is 1. The average Bonchev–Trinajstić information content (AvgIpc) is 1.94. The molecule has 1 atom stereocenters. The summed E-state index contributed by atoms with van der Waals surface area (Å²) in [6, 6.07) is 0. The van der Waals surface area contributed by atoms with Crippen LogP contribution in [0.5, 0.6) is 0 Å². The third kappa shape index (κ3) is 1.59. The Hall–Kier alpha value is -0.800. The Morgan fingerprint density at radius 3 is 3.10 bits per heavy atom. The maximum atomic E-state index is 8.59. The molecule has 1 rings (SSSR count). The Morgan fingerprint density at radius 2 is 2.50 bits per heavy atom. The summed E-state index contributed by atoms with van der Waals surface area (Å²) in [5, 5.41) is 11.5. The molecule has 10 heavy (non-hydrogen) atoms. The van der Waals surface area contributed by atoms with E-state index in [9.17, 15) is 0 Å². The van der Waals surface area contributed by atoms with E-state index >= 15 is 0 Å². The monoisotopic (exact) mass is 140 g/mol. The van der Waals surface area contributed by atoms with Gasteiger partial charge in [0.05, 0.1) is 6.17 Å². The van der Waals surface area contributed by atoms with Crippen LogP contribution in [0.4, 0.5) is 0 Å². The molecule has 0 aromatic rings. The van der Waals surface area contributed by atoms with E-state index in [1.54, 1.807) is 6.20 Å². The third-order valence-corrected chi connectivity index (χ3v) is 1.48. The summed E-state index contributed by atoms with van der Waals surface area (Å²) in [7, 11) is 0. The number of rotatable bonds is 2. The van der Waals surface area contributed by atoms with Crippen LogP contribution < -0.4 is 11.1 Å². The number of aliphatic hydroxyl groups is 1. The smallest absolute Gasteiger partial charge is 0.0965 e. The number of hydrogen-bond donors (Lipinski definition) is 3.